The number of nitrogens with two attached hydrogens (primary N) is 1. The number of benzene rings is 3. The van der Waals surface area contributed by atoms with Crippen LogP contribution in [0.3, 0.4) is 0 Å². The van der Waals surface area contributed by atoms with Crippen LogP contribution in [0.25, 0.3) is 11.1 Å². The molecule has 0 amide bonds. The average Bonchev–Trinajstić information content (AvgIpc) is 2.53. The summed E-state index contributed by atoms with van der Waals surface area (Å²) < 4.78 is 5.69. The van der Waals surface area contributed by atoms with Crippen molar-refractivity contribution in [2.24, 2.45) is 0 Å². The minimum atomic E-state index is 0.0797. The molecule has 0 aliphatic rings. The Balaban J connectivity index is 1.80. The van der Waals surface area contributed by atoms with E-state index in [0.29, 0.717) is 17.2 Å². The number of phenols is 2. The SMILES string of the molecule is Nc1cc(-c2ccc(Oc3ccc(O)cc3)cc2)ccc1O. The summed E-state index contributed by atoms with van der Waals surface area (Å²) in [5.41, 5.74) is 7.96. The maximum atomic E-state index is 9.46. The van der Waals surface area contributed by atoms with Crippen molar-refractivity contribution in [3.05, 3.63) is 66.7 Å². The number of nitrogen functional groups attached to an aromatic ring is 1. The van der Waals surface area contributed by atoms with E-state index in [2.05, 4.69) is 0 Å². The molecule has 0 atom stereocenters. The lowest BCUT2D eigenvalue weighted by molar-refractivity contribution is 0.464. The van der Waals surface area contributed by atoms with Crippen molar-refractivity contribution in [1.29, 1.82) is 0 Å². The van der Waals surface area contributed by atoms with Crippen LogP contribution in [0.15, 0.2) is 66.7 Å². The molecule has 3 aromatic carbocycles. The number of aromatic hydroxyl groups is 2. The van der Waals surface area contributed by atoms with Crippen molar-refractivity contribution in [2.75, 3.05) is 5.73 Å². The topological polar surface area (TPSA) is 75.7 Å². The summed E-state index contributed by atoms with van der Waals surface area (Å²) >= 11 is 0. The first-order valence-electron chi connectivity index (χ1n) is 6.77. The van der Waals surface area contributed by atoms with E-state index in [1.165, 1.54) is 0 Å². The molecule has 4 N–H and O–H groups in total. The highest BCUT2D eigenvalue weighted by Crippen LogP contribution is 2.30. The van der Waals surface area contributed by atoms with Gasteiger partial charge in [0.25, 0.3) is 0 Å². The molecule has 0 unspecified atom stereocenters. The molecule has 110 valence electrons. The summed E-state index contributed by atoms with van der Waals surface area (Å²) in [4.78, 5) is 0. The van der Waals surface area contributed by atoms with Gasteiger partial charge in [-0.15, -0.1) is 0 Å². The van der Waals surface area contributed by atoms with Crippen LogP contribution in [0.4, 0.5) is 5.69 Å². The second-order valence-corrected chi connectivity index (χ2v) is 4.89. The third kappa shape index (κ3) is 2.96. The summed E-state index contributed by atoms with van der Waals surface area (Å²) in [6.07, 6.45) is 0. The van der Waals surface area contributed by atoms with Gasteiger partial charge in [0.05, 0.1) is 5.69 Å². The molecule has 0 saturated carbocycles. The molecule has 0 aromatic heterocycles. The van der Waals surface area contributed by atoms with E-state index >= 15 is 0 Å². The number of hydrogen-bond donors (Lipinski definition) is 3. The molecular formula is C18H15NO3. The van der Waals surface area contributed by atoms with Gasteiger partial charge in [-0.25, -0.2) is 0 Å². The maximum absolute atomic E-state index is 9.46. The highest BCUT2D eigenvalue weighted by Gasteiger charge is 2.03. The first kappa shape index (κ1) is 13.8. The quantitative estimate of drug-likeness (QED) is 0.501. The zero-order valence-corrected chi connectivity index (χ0v) is 11.7. The average molecular weight is 293 g/mol. The van der Waals surface area contributed by atoms with Crippen LogP contribution in [0.2, 0.25) is 0 Å². The fourth-order valence-corrected chi connectivity index (χ4v) is 2.10. The van der Waals surface area contributed by atoms with Crippen molar-refractivity contribution in [2.45, 2.75) is 0 Å². The molecule has 0 aliphatic heterocycles. The Morgan fingerprint density at radius 1 is 0.682 bits per heavy atom. The van der Waals surface area contributed by atoms with Gasteiger partial charge in [0, 0.05) is 0 Å². The third-order valence-electron chi connectivity index (χ3n) is 3.29. The van der Waals surface area contributed by atoms with Gasteiger partial charge in [-0.3, -0.25) is 0 Å². The molecule has 0 radical (unpaired) electrons. The van der Waals surface area contributed by atoms with Crippen molar-refractivity contribution in [3.63, 3.8) is 0 Å². The van der Waals surface area contributed by atoms with E-state index in [0.717, 1.165) is 11.1 Å². The molecule has 3 rings (SSSR count). The smallest absolute Gasteiger partial charge is 0.138 e. The zero-order chi connectivity index (χ0) is 15.5. The molecule has 0 spiro atoms. The molecule has 0 saturated heterocycles. The van der Waals surface area contributed by atoms with Gasteiger partial charge in [0.2, 0.25) is 0 Å². The summed E-state index contributed by atoms with van der Waals surface area (Å²) in [6, 6.07) is 19.2. The van der Waals surface area contributed by atoms with Crippen LogP contribution in [-0.4, -0.2) is 10.2 Å². The lowest BCUT2D eigenvalue weighted by Crippen LogP contribution is -1.87. The summed E-state index contributed by atoms with van der Waals surface area (Å²) in [5, 5.41) is 18.7. The Hall–Kier alpha value is -3.14. The van der Waals surface area contributed by atoms with Crippen molar-refractivity contribution < 1.29 is 14.9 Å². The summed E-state index contributed by atoms with van der Waals surface area (Å²) in [5.74, 6) is 1.63. The third-order valence-corrected chi connectivity index (χ3v) is 3.29. The molecule has 0 bridgehead atoms. The highest BCUT2D eigenvalue weighted by atomic mass is 16.5. The molecule has 0 heterocycles. The number of phenolic OH excluding ortho intramolecular Hbond substituents is 2. The van der Waals surface area contributed by atoms with Crippen molar-refractivity contribution >= 4 is 5.69 Å². The predicted octanol–water partition coefficient (Wildman–Crippen LogP) is 4.14. The van der Waals surface area contributed by atoms with Crippen LogP contribution in [0, 0.1) is 0 Å². The minimum absolute atomic E-state index is 0.0797. The van der Waals surface area contributed by atoms with Gasteiger partial charge in [0.1, 0.15) is 23.0 Å². The van der Waals surface area contributed by atoms with Crippen LogP contribution >= 0.6 is 0 Å². The maximum Gasteiger partial charge on any atom is 0.138 e. The largest absolute Gasteiger partial charge is 0.508 e. The standard InChI is InChI=1S/C18H15NO3/c19-17-11-13(3-10-18(17)21)12-1-6-15(7-2-12)22-16-8-4-14(20)5-9-16/h1-11,20-21H,19H2. The van der Waals surface area contributed by atoms with Gasteiger partial charge >= 0.3 is 0 Å². The van der Waals surface area contributed by atoms with E-state index < -0.39 is 0 Å². The number of ether oxygens (including phenoxy) is 1. The Labute approximate surface area is 128 Å². The number of anilines is 1. The number of hydrogen-bond acceptors (Lipinski definition) is 4. The molecule has 4 heteroatoms. The summed E-state index contributed by atoms with van der Waals surface area (Å²) in [6.45, 7) is 0. The molecule has 3 aromatic rings. The predicted molar refractivity (Wildman–Crippen MR) is 86.1 cm³/mol. The summed E-state index contributed by atoms with van der Waals surface area (Å²) in [7, 11) is 0. The lowest BCUT2D eigenvalue weighted by Gasteiger charge is -2.08. The van der Waals surface area contributed by atoms with Crippen molar-refractivity contribution in [1.82, 2.24) is 0 Å². The fraction of sp³-hybridized carbons (Fsp3) is 0. The molecule has 0 fully saturated rings. The molecule has 4 nitrogen and oxygen atoms in total. The highest BCUT2D eigenvalue weighted by molar-refractivity contribution is 5.70. The van der Waals surface area contributed by atoms with Gasteiger partial charge in [-0.1, -0.05) is 18.2 Å². The Morgan fingerprint density at radius 3 is 1.82 bits per heavy atom. The lowest BCUT2D eigenvalue weighted by atomic mass is 10.0. The zero-order valence-electron chi connectivity index (χ0n) is 11.7. The van der Waals surface area contributed by atoms with E-state index in [9.17, 15) is 10.2 Å². The van der Waals surface area contributed by atoms with Gasteiger partial charge in [-0.05, 0) is 59.7 Å². The van der Waals surface area contributed by atoms with E-state index in [1.54, 1.807) is 36.4 Å². The Bertz CT molecular complexity index is 780. The normalized spacial score (nSPS) is 10.4. The second-order valence-electron chi connectivity index (χ2n) is 4.89. The van der Waals surface area contributed by atoms with Crippen molar-refractivity contribution in [3.8, 4) is 34.1 Å². The van der Waals surface area contributed by atoms with E-state index in [1.807, 2.05) is 30.3 Å². The Morgan fingerprint density at radius 2 is 1.23 bits per heavy atom. The molecular weight excluding hydrogens is 278 g/mol. The van der Waals surface area contributed by atoms with Crippen LogP contribution < -0.4 is 10.5 Å². The Kier molecular flexibility index (Phi) is 3.58. The number of rotatable bonds is 3. The minimum Gasteiger partial charge on any atom is -0.508 e. The van der Waals surface area contributed by atoms with E-state index in [4.69, 9.17) is 10.5 Å². The first-order valence-corrected chi connectivity index (χ1v) is 6.77. The fourth-order valence-electron chi connectivity index (χ4n) is 2.10. The second kappa shape index (κ2) is 5.69. The van der Waals surface area contributed by atoms with Gasteiger partial charge in [0.15, 0.2) is 0 Å². The van der Waals surface area contributed by atoms with Gasteiger partial charge < -0.3 is 20.7 Å². The van der Waals surface area contributed by atoms with E-state index in [-0.39, 0.29) is 11.5 Å². The van der Waals surface area contributed by atoms with Crippen LogP contribution in [0.1, 0.15) is 0 Å². The molecule has 22 heavy (non-hydrogen) atoms. The first-order chi connectivity index (χ1) is 10.6. The monoisotopic (exact) mass is 293 g/mol. The van der Waals surface area contributed by atoms with Crippen LogP contribution in [0.5, 0.6) is 23.0 Å². The molecule has 0 aliphatic carbocycles. The van der Waals surface area contributed by atoms with Gasteiger partial charge in [-0.2, -0.15) is 0 Å². The van der Waals surface area contributed by atoms with Crippen LogP contribution in [-0.2, 0) is 0 Å².